The summed E-state index contributed by atoms with van der Waals surface area (Å²) in [6, 6.07) is 1.94. The number of amides is 2. The Morgan fingerprint density at radius 1 is 1.00 bits per heavy atom. The molecule has 0 atom stereocenters. The third kappa shape index (κ3) is 2.47. The molecule has 0 bridgehead atoms. The third-order valence-electron chi connectivity index (χ3n) is 2.35. The number of thiocarbonyl (C=S) groups is 1. The molecule has 0 unspecified atom stereocenters. The summed E-state index contributed by atoms with van der Waals surface area (Å²) in [5.41, 5.74) is -0.490. The quantitative estimate of drug-likeness (QED) is 0.274. The van der Waals surface area contributed by atoms with Crippen molar-refractivity contribution in [3.05, 3.63) is 23.3 Å². The van der Waals surface area contributed by atoms with Gasteiger partial charge >= 0.3 is 0 Å². The van der Waals surface area contributed by atoms with Gasteiger partial charge in [0.1, 0.15) is 22.8 Å². The molecule has 0 radical (unpaired) electrons. The fraction of sp³-hybridized carbons (Fsp3) is 0. The van der Waals surface area contributed by atoms with E-state index in [9.17, 15) is 19.8 Å². The van der Waals surface area contributed by atoms with E-state index >= 15 is 0 Å². The molecule has 0 aliphatic carbocycles. The van der Waals surface area contributed by atoms with Gasteiger partial charge in [-0.25, -0.2) is 0 Å². The Bertz CT molecular complexity index is 593. The van der Waals surface area contributed by atoms with Gasteiger partial charge in [0.15, 0.2) is 5.11 Å². The molecule has 7 nitrogen and oxygen atoms in total. The summed E-state index contributed by atoms with van der Waals surface area (Å²) in [6.07, 6.45) is 0.997. The second-order valence-corrected chi connectivity index (χ2v) is 4.10. The molecule has 1 aromatic rings. The number of phenolic OH excluding ortho intramolecular Hbond substituents is 3. The van der Waals surface area contributed by atoms with Crippen LogP contribution in [0.15, 0.2) is 17.7 Å². The van der Waals surface area contributed by atoms with E-state index in [1.54, 1.807) is 0 Å². The molecule has 1 saturated heterocycles. The highest BCUT2D eigenvalue weighted by molar-refractivity contribution is 7.80. The SMILES string of the molecule is O=C1NC(=S)NC(=O)C1=Cc1c(O)cc(O)cc1O. The van der Waals surface area contributed by atoms with Crippen LogP contribution < -0.4 is 10.6 Å². The van der Waals surface area contributed by atoms with Crippen LogP contribution in [0.3, 0.4) is 0 Å². The summed E-state index contributed by atoms with van der Waals surface area (Å²) in [6.45, 7) is 0. The summed E-state index contributed by atoms with van der Waals surface area (Å²) in [4.78, 5) is 23.1. The lowest BCUT2D eigenvalue weighted by Gasteiger charge is -2.16. The zero-order valence-corrected chi connectivity index (χ0v) is 10.1. The van der Waals surface area contributed by atoms with Crippen molar-refractivity contribution in [2.45, 2.75) is 0 Å². The Morgan fingerprint density at radius 3 is 1.95 bits per heavy atom. The van der Waals surface area contributed by atoms with Crippen LogP contribution in [0.4, 0.5) is 0 Å². The maximum absolute atomic E-state index is 11.6. The highest BCUT2D eigenvalue weighted by Crippen LogP contribution is 2.33. The first kappa shape index (κ1) is 12.8. The molecule has 2 amide bonds. The Morgan fingerprint density at radius 2 is 1.47 bits per heavy atom. The molecule has 5 N–H and O–H groups in total. The van der Waals surface area contributed by atoms with Crippen LogP contribution >= 0.6 is 12.2 Å². The fourth-order valence-electron chi connectivity index (χ4n) is 1.51. The summed E-state index contributed by atoms with van der Waals surface area (Å²) < 4.78 is 0. The molecule has 1 heterocycles. The second kappa shape index (κ2) is 4.58. The molecule has 98 valence electrons. The predicted molar refractivity (Wildman–Crippen MR) is 68.3 cm³/mol. The minimum Gasteiger partial charge on any atom is -0.508 e. The molecule has 8 heteroatoms. The second-order valence-electron chi connectivity index (χ2n) is 3.69. The number of rotatable bonds is 1. The lowest BCUT2D eigenvalue weighted by atomic mass is 10.1. The molecule has 1 aliphatic heterocycles. The monoisotopic (exact) mass is 280 g/mol. The van der Waals surface area contributed by atoms with E-state index in [-0.39, 0.29) is 22.0 Å². The Balaban J connectivity index is 2.49. The van der Waals surface area contributed by atoms with Crippen molar-refractivity contribution in [1.82, 2.24) is 10.6 Å². The van der Waals surface area contributed by atoms with Crippen LogP contribution in [0.5, 0.6) is 17.2 Å². The van der Waals surface area contributed by atoms with Gasteiger partial charge in [0.05, 0.1) is 5.56 Å². The predicted octanol–water partition coefficient (Wildman–Crippen LogP) is -0.282. The van der Waals surface area contributed by atoms with Crippen LogP contribution in [-0.4, -0.2) is 32.2 Å². The normalized spacial score (nSPS) is 14.9. The molecular weight excluding hydrogens is 272 g/mol. The van der Waals surface area contributed by atoms with Gasteiger partial charge in [0.25, 0.3) is 11.8 Å². The van der Waals surface area contributed by atoms with E-state index in [1.807, 2.05) is 0 Å². The van der Waals surface area contributed by atoms with Crippen molar-refractivity contribution >= 4 is 35.2 Å². The van der Waals surface area contributed by atoms with Crippen LogP contribution in [0, 0.1) is 0 Å². The third-order valence-corrected chi connectivity index (χ3v) is 2.56. The van der Waals surface area contributed by atoms with Crippen molar-refractivity contribution in [2.24, 2.45) is 0 Å². The Labute approximate surface area is 112 Å². The smallest absolute Gasteiger partial charge is 0.263 e. The number of carbonyl (C=O) groups is 2. The number of hydrogen-bond acceptors (Lipinski definition) is 6. The lowest BCUT2D eigenvalue weighted by molar-refractivity contribution is -0.123. The number of hydrogen-bond donors (Lipinski definition) is 5. The Kier molecular flexibility index (Phi) is 3.09. The van der Waals surface area contributed by atoms with Gasteiger partial charge in [0.2, 0.25) is 0 Å². The average molecular weight is 280 g/mol. The zero-order valence-electron chi connectivity index (χ0n) is 9.30. The van der Waals surface area contributed by atoms with E-state index in [0.717, 1.165) is 18.2 Å². The molecule has 1 aromatic carbocycles. The van der Waals surface area contributed by atoms with Crippen molar-refractivity contribution in [2.75, 3.05) is 0 Å². The average Bonchev–Trinajstić information content (AvgIpc) is 2.25. The molecule has 0 spiro atoms. The number of aromatic hydroxyl groups is 3. The largest absolute Gasteiger partial charge is 0.508 e. The molecule has 0 aromatic heterocycles. The minimum atomic E-state index is -0.749. The summed E-state index contributed by atoms with van der Waals surface area (Å²) in [5, 5.41) is 32.6. The van der Waals surface area contributed by atoms with Crippen LogP contribution in [0.25, 0.3) is 6.08 Å². The van der Waals surface area contributed by atoms with Gasteiger partial charge in [-0.15, -0.1) is 0 Å². The van der Waals surface area contributed by atoms with E-state index in [1.165, 1.54) is 0 Å². The number of benzene rings is 1. The van der Waals surface area contributed by atoms with Crippen LogP contribution in [-0.2, 0) is 9.59 Å². The van der Waals surface area contributed by atoms with Gasteiger partial charge in [-0.2, -0.15) is 0 Å². The summed E-state index contributed by atoms with van der Waals surface area (Å²) in [5.74, 6) is -2.80. The standard InChI is InChI=1S/C11H8N2O5S/c14-4-1-7(15)5(8(16)2-4)3-6-9(17)12-11(19)13-10(6)18/h1-3,14-16H,(H2,12,13,17,18,19). The van der Waals surface area contributed by atoms with E-state index in [4.69, 9.17) is 5.11 Å². The van der Waals surface area contributed by atoms with E-state index in [2.05, 4.69) is 22.9 Å². The topological polar surface area (TPSA) is 119 Å². The summed E-state index contributed by atoms with van der Waals surface area (Å²) in [7, 11) is 0. The highest BCUT2D eigenvalue weighted by Gasteiger charge is 2.26. The van der Waals surface area contributed by atoms with Crippen molar-refractivity contribution < 1.29 is 24.9 Å². The van der Waals surface area contributed by atoms with E-state index < -0.39 is 23.3 Å². The maximum atomic E-state index is 11.6. The van der Waals surface area contributed by atoms with Gasteiger partial charge < -0.3 is 15.3 Å². The first-order valence-corrected chi connectivity index (χ1v) is 5.42. The van der Waals surface area contributed by atoms with Crippen molar-refractivity contribution in [3.8, 4) is 17.2 Å². The number of phenols is 3. The molecule has 0 saturated carbocycles. The molecular formula is C11H8N2O5S. The number of carbonyl (C=O) groups excluding carboxylic acids is 2. The van der Waals surface area contributed by atoms with Gasteiger partial charge in [-0.1, -0.05) is 0 Å². The molecule has 1 fully saturated rings. The van der Waals surface area contributed by atoms with Crippen LogP contribution in [0.2, 0.25) is 0 Å². The highest BCUT2D eigenvalue weighted by atomic mass is 32.1. The minimum absolute atomic E-state index is 0.119. The fourth-order valence-corrected chi connectivity index (χ4v) is 1.69. The summed E-state index contributed by atoms with van der Waals surface area (Å²) >= 11 is 4.62. The number of nitrogens with one attached hydrogen (secondary N) is 2. The van der Waals surface area contributed by atoms with Crippen molar-refractivity contribution in [1.29, 1.82) is 0 Å². The molecule has 2 rings (SSSR count). The molecule has 1 aliphatic rings. The van der Waals surface area contributed by atoms with Crippen molar-refractivity contribution in [3.63, 3.8) is 0 Å². The maximum Gasteiger partial charge on any atom is 0.263 e. The Hall–Kier alpha value is -2.61. The van der Waals surface area contributed by atoms with Gasteiger partial charge in [0, 0.05) is 12.1 Å². The lowest BCUT2D eigenvalue weighted by Crippen LogP contribution is -2.51. The molecule has 19 heavy (non-hydrogen) atoms. The zero-order chi connectivity index (χ0) is 14.2. The van der Waals surface area contributed by atoms with Gasteiger partial charge in [-0.05, 0) is 18.3 Å². The van der Waals surface area contributed by atoms with E-state index in [0.29, 0.717) is 0 Å². The van der Waals surface area contributed by atoms with Crippen LogP contribution in [0.1, 0.15) is 5.56 Å². The van der Waals surface area contributed by atoms with Gasteiger partial charge in [-0.3, -0.25) is 20.2 Å². The first-order chi connectivity index (χ1) is 8.88. The first-order valence-electron chi connectivity index (χ1n) is 5.02.